The maximum absolute atomic E-state index is 12.5. The molecule has 0 aromatic carbocycles. The molecule has 1 aliphatic heterocycles. The van der Waals surface area contributed by atoms with Gasteiger partial charge in [0.05, 0.1) is 11.6 Å². The third-order valence-electron chi connectivity index (χ3n) is 4.82. The molecule has 26 heavy (non-hydrogen) atoms. The van der Waals surface area contributed by atoms with Crippen molar-refractivity contribution < 1.29 is 4.79 Å². The van der Waals surface area contributed by atoms with Crippen LogP contribution in [0.15, 0.2) is 42.9 Å². The molecule has 6 heteroatoms. The van der Waals surface area contributed by atoms with Crippen molar-refractivity contribution in [2.24, 2.45) is 0 Å². The van der Waals surface area contributed by atoms with Crippen LogP contribution in [0.2, 0.25) is 0 Å². The maximum Gasteiger partial charge on any atom is 0.252 e. The summed E-state index contributed by atoms with van der Waals surface area (Å²) < 4.78 is 0. The molecule has 1 N–H and O–H groups in total. The number of nitrogens with zero attached hydrogens (tertiary/aromatic N) is 4. The molecular formula is C20H27N5O. The van der Waals surface area contributed by atoms with Crippen LogP contribution in [0.5, 0.6) is 0 Å². The number of piperidine rings is 1. The lowest BCUT2D eigenvalue weighted by Gasteiger charge is -2.34. The van der Waals surface area contributed by atoms with E-state index in [1.165, 1.54) is 19.3 Å². The van der Waals surface area contributed by atoms with Gasteiger partial charge >= 0.3 is 0 Å². The van der Waals surface area contributed by atoms with E-state index in [-0.39, 0.29) is 11.9 Å². The Balaban J connectivity index is 1.67. The Morgan fingerprint density at radius 3 is 2.62 bits per heavy atom. The van der Waals surface area contributed by atoms with E-state index in [0.29, 0.717) is 12.1 Å². The number of anilines is 1. The van der Waals surface area contributed by atoms with Crippen LogP contribution in [-0.2, 0) is 0 Å². The van der Waals surface area contributed by atoms with E-state index in [9.17, 15) is 4.79 Å². The van der Waals surface area contributed by atoms with Crippen LogP contribution in [0, 0.1) is 0 Å². The summed E-state index contributed by atoms with van der Waals surface area (Å²) in [6, 6.07) is 7.88. The number of carbonyl (C=O) groups excluding carboxylic acids is 1. The molecule has 2 aromatic rings. The topological polar surface area (TPSA) is 61.4 Å². The Labute approximate surface area is 155 Å². The highest BCUT2D eigenvalue weighted by atomic mass is 16.1. The van der Waals surface area contributed by atoms with E-state index in [1.807, 2.05) is 43.4 Å². The summed E-state index contributed by atoms with van der Waals surface area (Å²) >= 11 is 0. The van der Waals surface area contributed by atoms with Crippen LogP contribution in [-0.4, -0.2) is 54.5 Å². The molecule has 0 aliphatic carbocycles. The van der Waals surface area contributed by atoms with Crippen LogP contribution in [0.1, 0.15) is 41.2 Å². The summed E-state index contributed by atoms with van der Waals surface area (Å²) in [5, 5.41) is 3.08. The second-order valence-electron chi connectivity index (χ2n) is 6.91. The van der Waals surface area contributed by atoms with Gasteiger partial charge < -0.3 is 10.2 Å². The predicted molar refractivity (Wildman–Crippen MR) is 103 cm³/mol. The van der Waals surface area contributed by atoms with E-state index in [1.54, 1.807) is 12.4 Å². The minimum absolute atomic E-state index is 0.0892. The molecule has 1 amide bonds. The second-order valence-corrected chi connectivity index (χ2v) is 6.91. The Morgan fingerprint density at radius 1 is 1.19 bits per heavy atom. The number of carbonyl (C=O) groups is 1. The number of hydrogen-bond acceptors (Lipinski definition) is 5. The third-order valence-corrected chi connectivity index (χ3v) is 4.82. The van der Waals surface area contributed by atoms with Crippen LogP contribution < -0.4 is 10.2 Å². The van der Waals surface area contributed by atoms with Gasteiger partial charge in [-0.2, -0.15) is 0 Å². The van der Waals surface area contributed by atoms with Crippen molar-refractivity contribution in [1.82, 2.24) is 20.2 Å². The number of amides is 1. The lowest BCUT2D eigenvalue weighted by atomic mass is 10.0. The number of aromatic nitrogens is 2. The first-order valence-corrected chi connectivity index (χ1v) is 9.20. The van der Waals surface area contributed by atoms with Gasteiger partial charge in [0.25, 0.3) is 5.91 Å². The fraction of sp³-hybridized carbons (Fsp3) is 0.450. The van der Waals surface area contributed by atoms with Gasteiger partial charge in [-0.3, -0.25) is 14.7 Å². The highest BCUT2D eigenvalue weighted by Crippen LogP contribution is 2.23. The summed E-state index contributed by atoms with van der Waals surface area (Å²) in [5.74, 6) is 0.747. The maximum atomic E-state index is 12.5. The van der Waals surface area contributed by atoms with Gasteiger partial charge in [0.15, 0.2) is 0 Å². The van der Waals surface area contributed by atoms with E-state index in [4.69, 9.17) is 0 Å². The monoisotopic (exact) mass is 353 g/mol. The first-order chi connectivity index (χ1) is 12.6. The van der Waals surface area contributed by atoms with Crippen molar-refractivity contribution in [2.75, 3.05) is 38.6 Å². The standard InChI is InChI=1S/C20H27N5O/c1-24(2)19-9-8-17(14-22-19)20(26)23-15-18(16-7-6-10-21-13-16)25-11-4-3-5-12-25/h6-10,13-14,18H,3-5,11-12,15H2,1-2H3,(H,23,26). The molecule has 1 aliphatic rings. The number of rotatable bonds is 6. The fourth-order valence-corrected chi connectivity index (χ4v) is 3.34. The third kappa shape index (κ3) is 4.58. The highest BCUT2D eigenvalue weighted by Gasteiger charge is 2.23. The van der Waals surface area contributed by atoms with Crippen molar-refractivity contribution in [3.63, 3.8) is 0 Å². The van der Waals surface area contributed by atoms with E-state index in [0.717, 1.165) is 24.5 Å². The Kier molecular flexibility index (Phi) is 6.17. The zero-order valence-corrected chi connectivity index (χ0v) is 15.6. The molecule has 1 fully saturated rings. The minimum Gasteiger partial charge on any atom is -0.363 e. The number of nitrogens with one attached hydrogen (secondary N) is 1. The molecule has 0 bridgehead atoms. The van der Waals surface area contributed by atoms with Crippen molar-refractivity contribution in [3.8, 4) is 0 Å². The Bertz CT molecular complexity index is 696. The average molecular weight is 353 g/mol. The van der Waals surface area contributed by atoms with Gasteiger partial charge in [0, 0.05) is 39.2 Å². The normalized spacial score (nSPS) is 16.1. The SMILES string of the molecule is CN(C)c1ccc(C(=O)NCC(c2cccnc2)N2CCCCC2)cn1. The van der Waals surface area contributed by atoms with Gasteiger partial charge in [-0.05, 0) is 49.7 Å². The zero-order valence-electron chi connectivity index (χ0n) is 15.6. The van der Waals surface area contributed by atoms with Gasteiger partial charge in [-0.1, -0.05) is 12.5 Å². The number of pyridine rings is 2. The van der Waals surface area contributed by atoms with Gasteiger partial charge in [-0.25, -0.2) is 4.98 Å². The molecule has 3 rings (SSSR count). The van der Waals surface area contributed by atoms with Crippen molar-refractivity contribution in [2.45, 2.75) is 25.3 Å². The molecule has 1 atom stereocenters. The summed E-state index contributed by atoms with van der Waals surface area (Å²) in [6.07, 6.45) is 9.02. The molecule has 1 unspecified atom stereocenters. The first kappa shape index (κ1) is 18.3. The number of hydrogen-bond donors (Lipinski definition) is 1. The fourth-order valence-electron chi connectivity index (χ4n) is 3.34. The smallest absolute Gasteiger partial charge is 0.252 e. The Hall–Kier alpha value is -2.47. The summed E-state index contributed by atoms with van der Waals surface area (Å²) in [4.78, 5) is 25.5. The van der Waals surface area contributed by atoms with E-state index < -0.39 is 0 Å². The molecule has 0 spiro atoms. The lowest BCUT2D eigenvalue weighted by molar-refractivity contribution is 0.0924. The summed E-state index contributed by atoms with van der Waals surface area (Å²) in [5.41, 5.74) is 1.73. The van der Waals surface area contributed by atoms with Crippen LogP contribution in [0.25, 0.3) is 0 Å². The molecule has 0 saturated carbocycles. The van der Waals surface area contributed by atoms with Gasteiger partial charge in [0.2, 0.25) is 0 Å². The molecule has 0 radical (unpaired) electrons. The lowest BCUT2D eigenvalue weighted by Crippen LogP contribution is -2.40. The summed E-state index contributed by atoms with van der Waals surface area (Å²) in [7, 11) is 3.86. The van der Waals surface area contributed by atoms with Crippen LogP contribution in [0.3, 0.4) is 0 Å². The van der Waals surface area contributed by atoms with Gasteiger partial charge in [-0.15, -0.1) is 0 Å². The zero-order chi connectivity index (χ0) is 18.4. The second kappa shape index (κ2) is 8.76. The van der Waals surface area contributed by atoms with Crippen molar-refractivity contribution in [3.05, 3.63) is 54.0 Å². The molecule has 6 nitrogen and oxygen atoms in total. The van der Waals surface area contributed by atoms with E-state index in [2.05, 4.69) is 26.3 Å². The first-order valence-electron chi connectivity index (χ1n) is 9.20. The van der Waals surface area contributed by atoms with Crippen molar-refractivity contribution in [1.29, 1.82) is 0 Å². The summed E-state index contributed by atoms with van der Waals surface area (Å²) in [6.45, 7) is 2.70. The van der Waals surface area contributed by atoms with Crippen molar-refractivity contribution >= 4 is 11.7 Å². The quantitative estimate of drug-likeness (QED) is 0.865. The highest BCUT2D eigenvalue weighted by molar-refractivity contribution is 5.94. The minimum atomic E-state index is -0.0892. The largest absolute Gasteiger partial charge is 0.363 e. The average Bonchev–Trinajstić information content (AvgIpc) is 2.69. The van der Waals surface area contributed by atoms with Crippen LogP contribution >= 0.6 is 0 Å². The van der Waals surface area contributed by atoms with Gasteiger partial charge in [0.1, 0.15) is 5.82 Å². The molecular weight excluding hydrogens is 326 g/mol. The predicted octanol–water partition coefficient (Wildman–Crippen LogP) is 2.50. The number of likely N-dealkylation sites (tertiary alicyclic amines) is 1. The molecule has 1 saturated heterocycles. The van der Waals surface area contributed by atoms with Crippen LogP contribution in [0.4, 0.5) is 5.82 Å². The molecule has 138 valence electrons. The van der Waals surface area contributed by atoms with E-state index >= 15 is 0 Å². The Morgan fingerprint density at radius 2 is 2.00 bits per heavy atom. The molecule has 2 aromatic heterocycles. The molecule has 3 heterocycles.